The van der Waals surface area contributed by atoms with Gasteiger partial charge in [-0.15, -0.1) is 0 Å². The van der Waals surface area contributed by atoms with Gasteiger partial charge < -0.3 is 10.0 Å². The molecule has 44 heavy (non-hydrogen) atoms. The lowest BCUT2D eigenvalue weighted by Gasteiger charge is -2.39. The smallest absolute Gasteiger partial charge is 0.252 e. The maximum atomic E-state index is 14.7. The Balaban J connectivity index is 1.63. The SMILES string of the molecule is CS(=O)Nc1cccc(N(C(=O)[C@@H]2CCC(=O)N2c2cc(C#N)ccn2)[C@H](C(=O)NC2CC(F)(F)C2)c2ccccc2Cl)c1. The van der Waals surface area contributed by atoms with E-state index in [1.54, 1.807) is 36.4 Å². The van der Waals surface area contributed by atoms with Crippen molar-refractivity contribution in [2.45, 2.75) is 49.7 Å². The minimum Gasteiger partial charge on any atom is -0.351 e. The molecule has 2 fully saturated rings. The number of amides is 3. The number of anilines is 3. The van der Waals surface area contributed by atoms with Crippen LogP contribution in [-0.4, -0.2) is 51.2 Å². The summed E-state index contributed by atoms with van der Waals surface area (Å²) in [6.45, 7) is 0. The number of aromatic nitrogens is 1. The summed E-state index contributed by atoms with van der Waals surface area (Å²) in [6, 6.07) is 14.1. The zero-order valence-electron chi connectivity index (χ0n) is 23.4. The standard InChI is InChI=1S/C30H27ClF2N6O4S/c1-44(43)37-19-5-4-6-21(14-19)38(29(42)24-9-10-26(40)39(24)25-13-18(17-34)11-12-35-25)27(22-7-2-3-8-23(22)31)28(41)36-20-15-30(32,33)16-20/h2-8,11-14,20,24,27,37H,9-10,15-16H2,1H3,(H,36,41)/t24-,27-,44?/m0/s1. The third kappa shape index (κ3) is 6.56. The van der Waals surface area contributed by atoms with Gasteiger partial charge in [-0.25, -0.2) is 18.0 Å². The normalized spacial score (nSPS) is 18.9. The average Bonchev–Trinajstić information content (AvgIpc) is 3.36. The molecule has 1 aliphatic heterocycles. The number of alkyl halides is 2. The number of nitriles is 1. The van der Waals surface area contributed by atoms with Crippen LogP contribution >= 0.6 is 11.6 Å². The van der Waals surface area contributed by atoms with E-state index in [0.717, 1.165) is 0 Å². The molecule has 3 aromatic rings. The fraction of sp³-hybridized carbons (Fsp3) is 0.300. The quantitative estimate of drug-likeness (QED) is 0.354. The van der Waals surface area contributed by atoms with Crippen LogP contribution in [0.15, 0.2) is 66.9 Å². The first kappa shape index (κ1) is 31.0. The van der Waals surface area contributed by atoms with E-state index in [1.165, 1.54) is 46.5 Å². The highest BCUT2D eigenvalue weighted by Gasteiger charge is 2.48. The molecule has 5 rings (SSSR count). The predicted molar refractivity (Wildman–Crippen MR) is 161 cm³/mol. The first-order valence-electron chi connectivity index (χ1n) is 13.6. The molecule has 0 spiro atoms. The Hall–Kier alpha value is -4.41. The Morgan fingerprint density at radius 2 is 1.93 bits per heavy atom. The lowest BCUT2D eigenvalue weighted by atomic mass is 9.87. The highest BCUT2D eigenvalue weighted by atomic mass is 35.5. The van der Waals surface area contributed by atoms with Crippen molar-refractivity contribution < 1.29 is 27.4 Å². The molecule has 1 saturated carbocycles. The molecule has 3 amide bonds. The lowest BCUT2D eigenvalue weighted by molar-refractivity contribution is -0.133. The number of carbonyl (C=O) groups is 3. The molecule has 228 valence electrons. The van der Waals surface area contributed by atoms with E-state index < -0.39 is 65.6 Å². The molecule has 1 aromatic heterocycles. The van der Waals surface area contributed by atoms with Crippen molar-refractivity contribution in [1.82, 2.24) is 10.3 Å². The van der Waals surface area contributed by atoms with E-state index in [2.05, 4.69) is 15.0 Å². The van der Waals surface area contributed by atoms with Gasteiger partial charge in [0.1, 0.15) is 28.9 Å². The third-order valence-electron chi connectivity index (χ3n) is 7.38. The van der Waals surface area contributed by atoms with Crippen molar-refractivity contribution >= 4 is 57.5 Å². The zero-order chi connectivity index (χ0) is 31.6. The van der Waals surface area contributed by atoms with Gasteiger partial charge in [0.15, 0.2) is 0 Å². The van der Waals surface area contributed by atoms with Crippen molar-refractivity contribution in [3.63, 3.8) is 0 Å². The summed E-state index contributed by atoms with van der Waals surface area (Å²) in [4.78, 5) is 48.4. The Morgan fingerprint density at radius 3 is 2.61 bits per heavy atom. The highest BCUT2D eigenvalue weighted by molar-refractivity contribution is 7.85. The zero-order valence-corrected chi connectivity index (χ0v) is 24.9. The summed E-state index contributed by atoms with van der Waals surface area (Å²) >= 11 is 6.57. The molecule has 1 saturated heterocycles. The number of nitrogens with zero attached hydrogens (tertiary/aromatic N) is 4. The van der Waals surface area contributed by atoms with Gasteiger partial charge in [0.2, 0.25) is 11.8 Å². The van der Waals surface area contributed by atoms with Gasteiger partial charge in [-0.05, 0) is 42.8 Å². The molecule has 1 unspecified atom stereocenters. The Labute approximate surface area is 259 Å². The van der Waals surface area contributed by atoms with Gasteiger partial charge in [-0.1, -0.05) is 35.9 Å². The van der Waals surface area contributed by atoms with E-state index in [9.17, 15) is 32.6 Å². The molecule has 0 radical (unpaired) electrons. The molecular formula is C30H27ClF2N6O4S. The second kappa shape index (κ2) is 12.7. The van der Waals surface area contributed by atoms with E-state index in [0.29, 0.717) is 5.69 Å². The van der Waals surface area contributed by atoms with E-state index in [4.69, 9.17) is 11.6 Å². The minimum atomic E-state index is -2.90. The molecule has 0 bridgehead atoms. The number of rotatable bonds is 9. The number of benzene rings is 2. The van der Waals surface area contributed by atoms with Gasteiger partial charge in [-0.2, -0.15) is 5.26 Å². The number of hydrogen-bond donors (Lipinski definition) is 2. The van der Waals surface area contributed by atoms with Crippen LogP contribution in [0.1, 0.15) is 42.9 Å². The summed E-state index contributed by atoms with van der Waals surface area (Å²) in [6.07, 6.45) is 1.76. The van der Waals surface area contributed by atoms with Crippen molar-refractivity contribution in [2.24, 2.45) is 0 Å². The minimum absolute atomic E-state index is 0.000761. The fourth-order valence-electron chi connectivity index (χ4n) is 5.41. The molecule has 2 heterocycles. The Kier molecular flexibility index (Phi) is 8.94. The van der Waals surface area contributed by atoms with Crippen LogP contribution in [0.4, 0.5) is 26.0 Å². The van der Waals surface area contributed by atoms with E-state index in [1.807, 2.05) is 6.07 Å². The monoisotopic (exact) mass is 640 g/mol. The lowest BCUT2D eigenvalue weighted by Crippen LogP contribution is -2.56. The first-order chi connectivity index (χ1) is 21.0. The average molecular weight is 641 g/mol. The summed E-state index contributed by atoms with van der Waals surface area (Å²) in [5, 5.41) is 12.2. The maximum absolute atomic E-state index is 14.7. The molecule has 1 aliphatic carbocycles. The van der Waals surface area contributed by atoms with Gasteiger partial charge in [-0.3, -0.25) is 24.2 Å². The molecule has 2 aromatic carbocycles. The molecular weight excluding hydrogens is 614 g/mol. The molecule has 14 heteroatoms. The fourth-order valence-corrected chi connectivity index (χ4v) is 6.11. The second-order valence-electron chi connectivity index (χ2n) is 10.5. The van der Waals surface area contributed by atoms with Crippen LogP contribution in [0.25, 0.3) is 0 Å². The molecule has 3 atom stereocenters. The van der Waals surface area contributed by atoms with Crippen molar-refractivity contribution in [3.05, 3.63) is 83.0 Å². The van der Waals surface area contributed by atoms with Crippen LogP contribution in [-0.2, 0) is 25.4 Å². The second-order valence-corrected chi connectivity index (χ2v) is 12.1. The summed E-state index contributed by atoms with van der Waals surface area (Å²) < 4.78 is 42.1. The van der Waals surface area contributed by atoms with Crippen LogP contribution in [0.3, 0.4) is 0 Å². The maximum Gasteiger partial charge on any atom is 0.252 e. The molecule has 10 nitrogen and oxygen atoms in total. The highest BCUT2D eigenvalue weighted by Crippen LogP contribution is 2.40. The topological polar surface area (TPSA) is 136 Å². The van der Waals surface area contributed by atoms with Crippen molar-refractivity contribution in [1.29, 1.82) is 5.26 Å². The van der Waals surface area contributed by atoms with Gasteiger partial charge in [0.05, 0.1) is 11.6 Å². The largest absolute Gasteiger partial charge is 0.351 e. The van der Waals surface area contributed by atoms with Crippen molar-refractivity contribution in [2.75, 3.05) is 20.8 Å². The van der Waals surface area contributed by atoms with Crippen LogP contribution < -0.4 is 19.8 Å². The van der Waals surface area contributed by atoms with Crippen molar-refractivity contribution in [3.8, 4) is 6.07 Å². The van der Waals surface area contributed by atoms with Gasteiger partial charge >= 0.3 is 0 Å². The number of hydrogen-bond acceptors (Lipinski definition) is 6. The first-order valence-corrected chi connectivity index (χ1v) is 15.5. The number of halogens is 3. The Morgan fingerprint density at radius 1 is 1.18 bits per heavy atom. The van der Waals surface area contributed by atoms with E-state index >= 15 is 0 Å². The summed E-state index contributed by atoms with van der Waals surface area (Å²) in [5.74, 6) is -4.63. The van der Waals surface area contributed by atoms with Crippen LogP contribution in [0.2, 0.25) is 5.02 Å². The summed E-state index contributed by atoms with van der Waals surface area (Å²) in [5.41, 5.74) is 1.03. The number of carbonyl (C=O) groups excluding carboxylic acids is 3. The summed E-state index contributed by atoms with van der Waals surface area (Å²) in [7, 11) is -1.47. The van der Waals surface area contributed by atoms with Gasteiger partial charge in [0.25, 0.3) is 11.8 Å². The molecule has 2 N–H and O–H groups in total. The van der Waals surface area contributed by atoms with Gasteiger partial charge in [0, 0.05) is 59.7 Å². The predicted octanol–water partition coefficient (Wildman–Crippen LogP) is 4.50. The van der Waals surface area contributed by atoms with Crippen LogP contribution in [0.5, 0.6) is 0 Å². The number of pyridine rings is 1. The Bertz CT molecular complexity index is 1680. The molecule has 2 aliphatic rings. The van der Waals surface area contributed by atoms with E-state index in [-0.39, 0.29) is 40.5 Å². The van der Waals surface area contributed by atoms with Crippen LogP contribution in [0, 0.1) is 11.3 Å². The third-order valence-corrected chi connectivity index (χ3v) is 8.25. The number of nitrogens with one attached hydrogen (secondary N) is 2.